The summed E-state index contributed by atoms with van der Waals surface area (Å²) in [5.41, 5.74) is 1.08. The molecule has 0 aliphatic carbocycles. The summed E-state index contributed by atoms with van der Waals surface area (Å²) >= 11 is 0. The Bertz CT molecular complexity index is 444. The largest absolute Gasteiger partial charge is 0.748 e. The molecule has 0 fully saturated rings. The van der Waals surface area contributed by atoms with E-state index in [1.54, 1.807) is 10.8 Å². The van der Waals surface area contributed by atoms with Crippen LogP contribution < -0.4 is 4.57 Å². The maximum atomic E-state index is 10.4. The number of hydrogen-bond donors (Lipinski definition) is 1. The Morgan fingerprint density at radius 3 is 2.81 bits per heavy atom. The van der Waals surface area contributed by atoms with Gasteiger partial charge in [-0.15, -0.1) is 0 Å². The summed E-state index contributed by atoms with van der Waals surface area (Å²) in [6.45, 7) is 2.10. The van der Waals surface area contributed by atoms with E-state index in [2.05, 4.69) is 0 Å². The molecule has 0 bridgehead atoms. The summed E-state index contributed by atoms with van der Waals surface area (Å²) < 4.78 is 33.0. The van der Waals surface area contributed by atoms with Crippen LogP contribution in [0.3, 0.4) is 0 Å². The maximum absolute atomic E-state index is 10.4. The van der Waals surface area contributed by atoms with Crippen LogP contribution in [0.4, 0.5) is 0 Å². The van der Waals surface area contributed by atoms with Crippen LogP contribution in [-0.2, 0) is 23.1 Å². The predicted molar refractivity (Wildman–Crippen MR) is 56.6 cm³/mol. The first-order chi connectivity index (χ1) is 7.40. The number of aromatic nitrogens is 1. The smallest absolute Gasteiger partial charge is 0.175 e. The molecule has 0 radical (unpaired) electrons. The number of aryl methyl sites for hydroxylation is 1. The number of pyridine rings is 1. The van der Waals surface area contributed by atoms with Gasteiger partial charge in [-0.1, -0.05) is 6.92 Å². The lowest BCUT2D eigenvalue weighted by molar-refractivity contribution is -0.703. The summed E-state index contributed by atoms with van der Waals surface area (Å²) in [4.78, 5) is 0. The fourth-order valence-corrected chi connectivity index (χ4v) is 2.01. The molecule has 0 saturated carbocycles. The highest BCUT2D eigenvalue weighted by Crippen LogP contribution is 1.96. The van der Waals surface area contributed by atoms with E-state index >= 15 is 0 Å². The lowest BCUT2D eigenvalue weighted by atomic mass is 10.2. The van der Waals surface area contributed by atoms with Gasteiger partial charge in [0.1, 0.15) is 6.10 Å². The van der Waals surface area contributed by atoms with Gasteiger partial charge in [0.25, 0.3) is 0 Å². The average molecular weight is 245 g/mol. The Kier molecular flexibility index (Phi) is 4.40. The SMILES string of the molecule is CCc1ccc[n+](CC(O)CS(=O)(=O)[O-])c1. The Hall–Kier alpha value is -0.980. The molecule has 0 spiro atoms. The minimum Gasteiger partial charge on any atom is -0.748 e. The van der Waals surface area contributed by atoms with Crippen molar-refractivity contribution in [1.82, 2.24) is 0 Å². The number of aliphatic hydroxyl groups is 1. The van der Waals surface area contributed by atoms with E-state index in [4.69, 9.17) is 0 Å². The van der Waals surface area contributed by atoms with E-state index in [9.17, 15) is 18.1 Å². The Labute approximate surface area is 95.1 Å². The van der Waals surface area contributed by atoms with E-state index in [0.29, 0.717) is 0 Å². The third-order valence-corrected chi connectivity index (χ3v) is 2.94. The van der Waals surface area contributed by atoms with E-state index in [-0.39, 0.29) is 6.54 Å². The highest BCUT2D eigenvalue weighted by molar-refractivity contribution is 7.85. The molecule has 1 heterocycles. The highest BCUT2D eigenvalue weighted by atomic mass is 32.2. The first-order valence-electron chi connectivity index (χ1n) is 5.00. The summed E-state index contributed by atoms with van der Waals surface area (Å²) in [7, 11) is -4.37. The molecular weight excluding hydrogens is 230 g/mol. The second-order valence-electron chi connectivity index (χ2n) is 3.64. The van der Waals surface area contributed by atoms with Gasteiger partial charge >= 0.3 is 0 Å². The van der Waals surface area contributed by atoms with E-state index in [1.165, 1.54) is 0 Å². The van der Waals surface area contributed by atoms with Gasteiger partial charge in [-0.3, -0.25) is 0 Å². The third-order valence-electron chi connectivity index (χ3n) is 2.15. The first kappa shape index (κ1) is 13.1. The van der Waals surface area contributed by atoms with Gasteiger partial charge in [0.05, 0.1) is 15.9 Å². The van der Waals surface area contributed by atoms with E-state index < -0.39 is 22.0 Å². The van der Waals surface area contributed by atoms with Gasteiger partial charge in [-0.25, -0.2) is 13.0 Å². The molecule has 90 valence electrons. The minimum atomic E-state index is -4.37. The monoisotopic (exact) mass is 245 g/mol. The molecule has 0 aliphatic rings. The summed E-state index contributed by atoms with van der Waals surface area (Å²) in [5.74, 6) is -0.754. The van der Waals surface area contributed by atoms with Gasteiger partial charge in [-0.2, -0.15) is 0 Å². The molecule has 0 aromatic carbocycles. The molecule has 1 rings (SSSR count). The van der Waals surface area contributed by atoms with Gasteiger partial charge < -0.3 is 9.66 Å². The topological polar surface area (TPSA) is 81.3 Å². The molecule has 0 saturated heterocycles. The molecule has 0 aliphatic heterocycles. The lowest BCUT2D eigenvalue weighted by Crippen LogP contribution is -2.42. The zero-order valence-corrected chi connectivity index (χ0v) is 9.85. The maximum Gasteiger partial charge on any atom is 0.175 e. The molecular formula is C10H15NO4S. The van der Waals surface area contributed by atoms with Gasteiger partial charge in [0, 0.05) is 11.6 Å². The van der Waals surface area contributed by atoms with Crippen molar-refractivity contribution >= 4 is 10.1 Å². The second-order valence-corrected chi connectivity index (χ2v) is 5.09. The van der Waals surface area contributed by atoms with Crippen molar-refractivity contribution in [3.05, 3.63) is 30.1 Å². The first-order valence-corrected chi connectivity index (χ1v) is 6.58. The summed E-state index contributed by atoms with van der Waals surface area (Å²) in [5, 5.41) is 9.40. The molecule has 16 heavy (non-hydrogen) atoms. The molecule has 6 heteroatoms. The second kappa shape index (κ2) is 5.38. The van der Waals surface area contributed by atoms with E-state index in [1.807, 2.05) is 25.3 Å². The number of hydrogen-bond acceptors (Lipinski definition) is 4. The van der Waals surface area contributed by atoms with E-state index in [0.717, 1.165) is 12.0 Å². The molecule has 1 atom stereocenters. The number of aliphatic hydroxyl groups excluding tert-OH is 1. The van der Waals surface area contributed by atoms with Crippen molar-refractivity contribution in [2.24, 2.45) is 0 Å². The number of nitrogens with zero attached hydrogens (tertiary/aromatic N) is 1. The molecule has 5 nitrogen and oxygen atoms in total. The van der Waals surface area contributed by atoms with Crippen molar-refractivity contribution < 1.29 is 22.6 Å². The Balaban J connectivity index is 2.65. The summed E-state index contributed by atoms with van der Waals surface area (Å²) in [6.07, 6.45) is 3.23. The van der Waals surface area contributed by atoms with Gasteiger partial charge in [-0.05, 0) is 12.5 Å². The molecule has 1 N–H and O–H groups in total. The van der Waals surface area contributed by atoms with Crippen LogP contribution in [0.1, 0.15) is 12.5 Å². The third kappa shape index (κ3) is 4.69. The normalized spacial score (nSPS) is 13.7. The molecule has 1 aromatic rings. The average Bonchev–Trinajstić information content (AvgIpc) is 2.15. The fraction of sp³-hybridized carbons (Fsp3) is 0.500. The lowest BCUT2D eigenvalue weighted by Gasteiger charge is -2.10. The zero-order valence-electron chi connectivity index (χ0n) is 9.04. The van der Waals surface area contributed by atoms with Crippen LogP contribution in [0.15, 0.2) is 24.5 Å². The Morgan fingerprint density at radius 1 is 1.56 bits per heavy atom. The molecule has 0 amide bonds. The van der Waals surface area contributed by atoms with Crippen molar-refractivity contribution in [1.29, 1.82) is 0 Å². The quantitative estimate of drug-likeness (QED) is 0.557. The van der Waals surface area contributed by atoms with Crippen molar-refractivity contribution in [3.8, 4) is 0 Å². The summed E-state index contributed by atoms with van der Waals surface area (Å²) in [6, 6.07) is 3.75. The van der Waals surface area contributed by atoms with Gasteiger partial charge in [0.15, 0.2) is 18.9 Å². The highest BCUT2D eigenvalue weighted by Gasteiger charge is 2.14. The van der Waals surface area contributed by atoms with Gasteiger partial charge in [0.2, 0.25) is 0 Å². The number of rotatable bonds is 5. The van der Waals surface area contributed by atoms with Crippen molar-refractivity contribution in [2.75, 3.05) is 5.75 Å². The van der Waals surface area contributed by atoms with Crippen molar-refractivity contribution in [3.63, 3.8) is 0 Å². The van der Waals surface area contributed by atoms with Crippen molar-refractivity contribution in [2.45, 2.75) is 26.0 Å². The van der Waals surface area contributed by atoms with Crippen LogP contribution in [0.25, 0.3) is 0 Å². The van der Waals surface area contributed by atoms with Crippen LogP contribution in [-0.4, -0.2) is 29.9 Å². The molecule has 1 aromatic heterocycles. The standard InChI is InChI=1S/C10H15NO4S/c1-2-9-4-3-5-11(6-9)7-10(12)8-16(13,14)15/h3-6,10,12H,2,7-8H2,1H3. The van der Waals surface area contributed by atoms with Crippen LogP contribution in [0, 0.1) is 0 Å². The predicted octanol–water partition coefficient (Wildman–Crippen LogP) is -0.557. The zero-order chi connectivity index (χ0) is 12.2. The fourth-order valence-electron chi connectivity index (χ4n) is 1.43. The van der Waals surface area contributed by atoms with Crippen LogP contribution in [0.2, 0.25) is 0 Å². The van der Waals surface area contributed by atoms with Crippen LogP contribution in [0.5, 0.6) is 0 Å². The molecule has 1 unspecified atom stereocenters. The Morgan fingerprint density at radius 2 is 2.25 bits per heavy atom. The minimum absolute atomic E-state index is 0.106. The van der Waals surface area contributed by atoms with Crippen LogP contribution >= 0.6 is 0 Å².